The quantitative estimate of drug-likeness (QED) is 0.875. The highest BCUT2D eigenvalue weighted by Crippen LogP contribution is 2.31. The van der Waals surface area contributed by atoms with Crippen molar-refractivity contribution < 1.29 is 13.2 Å². The van der Waals surface area contributed by atoms with Crippen LogP contribution in [0.15, 0.2) is 22.7 Å². The minimum Gasteiger partial charge on any atom is -0.398 e. The normalized spacial score (nSPS) is 11.8. The van der Waals surface area contributed by atoms with Crippen molar-refractivity contribution in [3.05, 3.63) is 22.7 Å². The lowest BCUT2D eigenvalue weighted by Gasteiger charge is -2.09. The fourth-order valence-corrected chi connectivity index (χ4v) is 1.95. The molecule has 2 N–H and O–H groups in total. The molecule has 0 aliphatic rings. The molecule has 9 heteroatoms. The molecule has 0 saturated carbocycles. The summed E-state index contributed by atoms with van der Waals surface area (Å²) in [7, 11) is 0. The van der Waals surface area contributed by atoms with Gasteiger partial charge in [-0.15, -0.1) is 5.10 Å². The molecule has 1 aromatic carbocycles. The molecular formula is C10H9BrF3N5. The number of nitrogens with zero attached hydrogens (tertiary/aromatic N) is 4. The first kappa shape index (κ1) is 13.8. The van der Waals surface area contributed by atoms with Crippen LogP contribution in [0.25, 0.3) is 11.4 Å². The molecule has 0 aliphatic carbocycles. The van der Waals surface area contributed by atoms with Crippen molar-refractivity contribution in [3.63, 3.8) is 0 Å². The van der Waals surface area contributed by atoms with E-state index in [0.29, 0.717) is 15.7 Å². The van der Waals surface area contributed by atoms with Gasteiger partial charge in [0.15, 0.2) is 5.82 Å². The van der Waals surface area contributed by atoms with Crippen molar-refractivity contribution in [1.29, 1.82) is 0 Å². The maximum atomic E-state index is 12.2. The maximum absolute atomic E-state index is 12.2. The number of rotatable bonds is 3. The molecule has 0 spiro atoms. The average Bonchev–Trinajstić information content (AvgIpc) is 2.77. The SMILES string of the molecule is Nc1cccc(-c2nnnn2CCC(F)(F)F)c1Br. The van der Waals surface area contributed by atoms with Crippen molar-refractivity contribution in [2.75, 3.05) is 5.73 Å². The number of tetrazole rings is 1. The van der Waals surface area contributed by atoms with Crippen LogP contribution in [0.4, 0.5) is 18.9 Å². The van der Waals surface area contributed by atoms with E-state index in [4.69, 9.17) is 5.73 Å². The molecule has 0 bridgehead atoms. The minimum absolute atomic E-state index is 0.239. The van der Waals surface area contributed by atoms with Gasteiger partial charge in [-0.05, 0) is 38.5 Å². The Morgan fingerprint density at radius 1 is 1.32 bits per heavy atom. The molecule has 0 fully saturated rings. The van der Waals surface area contributed by atoms with Crippen LogP contribution in [0.3, 0.4) is 0 Å². The van der Waals surface area contributed by atoms with E-state index in [1.165, 1.54) is 0 Å². The predicted octanol–water partition coefficient (Wildman–Crippen LogP) is 2.64. The van der Waals surface area contributed by atoms with E-state index >= 15 is 0 Å². The zero-order valence-electron chi connectivity index (χ0n) is 9.52. The molecule has 0 amide bonds. The smallest absolute Gasteiger partial charge is 0.390 e. The summed E-state index contributed by atoms with van der Waals surface area (Å²) in [5.41, 5.74) is 6.72. The number of hydrogen-bond donors (Lipinski definition) is 1. The maximum Gasteiger partial charge on any atom is 0.390 e. The van der Waals surface area contributed by atoms with Crippen molar-refractivity contribution in [2.24, 2.45) is 0 Å². The summed E-state index contributed by atoms with van der Waals surface area (Å²) in [4.78, 5) is 0. The first-order chi connectivity index (χ1) is 8.88. The third kappa shape index (κ3) is 3.22. The number of hydrogen-bond acceptors (Lipinski definition) is 4. The van der Waals surface area contributed by atoms with Crippen LogP contribution in [0.2, 0.25) is 0 Å². The zero-order chi connectivity index (χ0) is 14.0. The molecule has 2 aromatic rings. The summed E-state index contributed by atoms with van der Waals surface area (Å²) >= 11 is 3.27. The molecule has 0 atom stereocenters. The lowest BCUT2D eigenvalue weighted by molar-refractivity contribution is -0.137. The van der Waals surface area contributed by atoms with Gasteiger partial charge in [0.05, 0.1) is 17.4 Å². The molecule has 2 rings (SSSR count). The van der Waals surface area contributed by atoms with E-state index in [9.17, 15) is 13.2 Å². The second kappa shape index (κ2) is 5.16. The van der Waals surface area contributed by atoms with Crippen molar-refractivity contribution in [2.45, 2.75) is 19.1 Å². The molecular weight excluding hydrogens is 327 g/mol. The lowest BCUT2D eigenvalue weighted by Crippen LogP contribution is -2.14. The second-order valence-corrected chi connectivity index (χ2v) is 4.59. The molecule has 0 unspecified atom stereocenters. The summed E-state index contributed by atoms with van der Waals surface area (Å²) in [5.74, 6) is 0.239. The fraction of sp³-hybridized carbons (Fsp3) is 0.300. The third-order valence-corrected chi connectivity index (χ3v) is 3.29. The number of nitrogen functional groups attached to an aromatic ring is 1. The summed E-state index contributed by atoms with van der Waals surface area (Å²) in [6.45, 7) is -0.340. The zero-order valence-corrected chi connectivity index (χ0v) is 11.1. The van der Waals surface area contributed by atoms with E-state index < -0.39 is 12.6 Å². The minimum atomic E-state index is -4.25. The summed E-state index contributed by atoms with van der Waals surface area (Å²) < 4.78 is 38.3. The van der Waals surface area contributed by atoms with Gasteiger partial charge in [-0.2, -0.15) is 13.2 Å². The van der Waals surface area contributed by atoms with Crippen LogP contribution in [0.5, 0.6) is 0 Å². The Bertz CT molecular complexity index is 581. The molecule has 0 saturated heterocycles. The molecule has 5 nitrogen and oxygen atoms in total. The number of aryl methyl sites for hydroxylation is 1. The highest BCUT2D eigenvalue weighted by molar-refractivity contribution is 9.10. The van der Waals surface area contributed by atoms with E-state index in [-0.39, 0.29) is 12.4 Å². The lowest BCUT2D eigenvalue weighted by atomic mass is 10.2. The Labute approximate surface area is 114 Å². The first-order valence-electron chi connectivity index (χ1n) is 5.26. The predicted molar refractivity (Wildman–Crippen MR) is 66.0 cm³/mol. The number of alkyl halides is 3. The third-order valence-electron chi connectivity index (χ3n) is 2.41. The molecule has 0 aliphatic heterocycles. The first-order valence-corrected chi connectivity index (χ1v) is 6.05. The van der Waals surface area contributed by atoms with Crippen LogP contribution >= 0.6 is 15.9 Å². The van der Waals surface area contributed by atoms with Crippen LogP contribution in [-0.2, 0) is 6.54 Å². The van der Waals surface area contributed by atoms with Gasteiger partial charge in [0.2, 0.25) is 0 Å². The van der Waals surface area contributed by atoms with E-state index in [1.54, 1.807) is 18.2 Å². The molecule has 0 radical (unpaired) electrons. The van der Waals surface area contributed by atoms with Crippen molar-refractivity contribution >= 4 is 21.6 Å². The summed E-state index contributed by atoms with van der Waals surface area (Å²) in [5, 5.41) is 10.7. The second-order valence-electron chi connectivity index (χ2n) is 3.80. The summed E-state index contributed by atoms with van der Waals surface area (Å²) in [6, 6.07) is 5.02. The number of nitrogens with two attached hydrogens (primary N) is 1. The van der Waals surface area contributed by atoms with Gasteiger partial charge in [0, 0.05) is 11.3 Å². The van der Waals surface area contributed by atoms with Crippen molar-refractivity contribution in [1.82, 2.24) is 20.2 Å². The topological polar surface area (TPSA) is 69.6 Å². The van der Waals surface area contributed by atoms with Crippen LogP contribution in [0, 0.1) is 0 Å². The fourth-order valence-electron chi connectivity index (χ4n) is 1.50. The monoisotopic (exact) mass is 335 g/mol. The van der Waals surface area contributed by atoms with Gasteiger partial charge in [-0.1, -0.05) is 6.07 Å². The van der Waals surface area contributed by atoms with E-state index in [2.05, 4.69) is 31.5 Å². The number of benzene rings is 1. The Morgan fingerprint density at radius 3 is 2.74 bits per heavy atom. The average molecular weight is 336 g/mol. The Morgan fingerprint density at radius 2 is 2.05 bits per heavy atom. The molecule has 19 heavy (non-hydrogen) atoms. The van der Waals surface area contributed by atoms with Gasteiger partial charge in [0.1, 0.15) is 0 Å². The van der Waals surface area contributed by atoms with Crippen LogP contribution < -0.4 is 5.73 Å². The van der Waals surface area contributed by atoms with E-state index in [0.717, 1.165) is 4.68 Å². The molecule has 102 valence electrons. The highest BCUT2D eigenvalue weighted by Gasteiger charge is 2.27. The van der Waals surface area contributed by atoms with Crippen LogP contribution in [-0.4, -0.2) is 26.4 Å². The van der Waals surface area contributed by atoms with E-state index in [1.807, 2.05) is 0 Å². The Balaban J connectivity index is 2.31. The largest absolute Gasteiger partial charge is 0.398 e. The summed E-state index contributed by atoms with van der Waals surface area (Å²) in [6.07, 6.45) is -5.25. The number of halogens is 4. The standard InChI is InChI=1S/C10H9BrF3N5/c11-8-6(2-1-3-7(8)15)9-16-17-18-19(9)5-4-10(12,13)14/h1-3H,4-5,15H2. The molecule has 1 heterocycles. The highest BCUT2D eigenvalue weighted by atomic mass is 79.9. The van der Waals surface area contributed by atoms with Gasteiger partial charge in [-0.25, -0.2) is 4.68 Å². The number of aromatic nitrogens is 4. The van der Waals surface area contributed by atoms with Gasteiger partial charge < -0.3 is 5.73 Å². The Kier molecular flexibility index (Phi) is 3.74. The molecule has 1 aromatic heterocycles. The van der Waals surface area contributed by atoms with Gasteiger partial charge in [-0.3, -0.25) is 0 Å². The van der Waals surface area contributed by atoms with Gasteiger partial charge >= 0.3 is 6.18 Å². The van der Waals surface area contributed by atoms with Gasteiger partial charge in [0.25, 0.3) is 0 Å². The Hall–Kier alpha value is -1.64. The van der Waals surface area contributed by atoms with Crippen LogP contribution in [0.1, 0.15) is 6.42 Å². The van der Waals surface area contributed by atoms with Crippen molar-refractivity contribution in [3.8, 4) is 11.4 Å². The number of anilines is 1.